The highest BCUT2D eigenvalue weighted by molar-refractivity contribution is 7.19. The van der Waals surface area contributed by atoms with Crippen LogP contribution in [-0.4, -0.2) is 24.9 Å². The second kappa shape index (κ2) is 8.81. The maximum Gasteiger partial charge on any atom is 0.341 e. The third-order valence-corrected chi connectivity index (χ3v) is 7.11. The first-order chi connectivity index (χ1) is 14.2. The Bertz CT molecular complexity index is 1140. The molecule has 0 aliphatic heterocycles. The van der Waals surface area contributed by atoms with Crippen LogP contribution in [0.5, 0.6) is 0 Å². The maximum atomic E-state index is 12.9. The lowest BCUT2D eigenvalue weighted by Gasteiger charge is -2.07. The van der Waals surface area contributed by atoms with Gasteiger partial charge in [0.2, 0.25) is 0 Å². The molecule has 1 aromatic carbocycles. The molecule has 3 aromatic rings. The predicted molar refractivity (Wildman–Crippen MR) is 121 cm³/mol. The van der Waals surface area contributed by atoms with Gasteiger partial charge in [-0.2, -0.15) is 0 Å². The van der Waals surface area contributed by atoms with Crippen LogP contribution < -0.4 is 10.6 Å². The standard InChI is InChI=1S/C22H22N2O4S2/c1-11-8-6-7-9-16(11)23-20(26)18-13(3)17(22(27)28-5)21(30-18)24-19(25)15-10-29-14(4)12(15)2/h6-10H,1-5H3,(H,23,26)(H,24,25). The molecule has 0 spiro atoms. The van der Waals surface area contributed by atoms with Gasteiger partial charge in [-0.3, -0.25) is 9.59 Å². The van der Waals surface area contributed by atoms with Gasteiger partial charge in [-0.05, 0) is 50.5 Å². The summed E-state index contributed by atoms with van der Waals surface area (Å²) in [5.74, 6) is -1.28. The molecule has 0 bridgehead atoms. The summed E-state index contributed by atoms with van der Waals surface area (Å²) >= 11 is 2.54. The summed E-state index contributed by atoms with van der Waals surface area (Å²) in [5.41, 5.74) is 3.70. The van der Waals surface area contributed by atoms with Crippen LogP contribution in [0.2, 0.25) is 0 Å². The topological polar surface area (TPSA) is 84.5 Å². The van der Waals surface area contributed by atoms with Crippen LogP contribution in [0.3, 0.4) is 0 Å². The summed E-state index contributed by atoms with van der Waals surface area (Å²) in [5, 5.41) is 7.74. The normalized spacial score (nSPS) is 10.6. The van der Waals surface area contributed by atoms with Crippen molar-refractivity contribution < 1.29 is 19.1 Å². The Morgan fingerprint density at radius 1 is 0.933 bits per heavy atom. The number of aryl methyl sites for hydroxylation is 2. The van der Waals surface area contributed by atoms with Gasteiger partial charge in [0.1, 0.15) is 5.00 Å². The summed E-state index contributed by atoms with van der Waals surface area (Å²) in [6.45, 7) is 7.39. The van der Waals surface area contributed by atoms with Crippen LogP contribution in [-0.2, 0) is 4.74 Å². The van der Waals surface area contributed by atoms with Crippen LogP contribution in [0.25, 0.3) is 0 Å². The Hall–Kier alpha value is -2.97. The monoisotopic (exact) mass is 442 g/mol. The Labute approximate surface area is 182 Å². The van der Waals surface area contributed by atoms with Crippen molar-refractivity contribution in [1.82, 2.24) is 0 Å². The minimum Gasteiger partial charge on any atom is -0.465 e. The molecule has 0 saturated heterocycles. The zero-order valence-electron chi connectivity index (χ0n) is 17.3. The van der Waals surface area contributed by atoms with Crippen LogP contribution >= 0.6 is 22.7 Å². The number of hydrogen-bond acceptors (Lipinski definition) is 6. The zero-order valence-corrected chi connectivity index (χ0v) is 19.0. The first-order valence-electron chi connectivity index (χ1n) is 9.19. The number of methoxy groups -OCH3 is 1. The van der Waals surface area contributed by atoms with Crippen LogP contribution in [0.1, 0.15) is 52.0 Å². The Morgan fingerprint density at radius 2 is 1.63 bits per heavy atom. The van der Waals surface area contributed by atoms with E-state index in [1.54, 1.807) is 12.3 Å². The average molecular weight is 443 g/mol. The summed E-state index contributed by atoms with van der Waals surface area (Å²) in [7, 11) is 1.27. The molecule has 0 atom stereocenters. The van der Waals surface area contributed by atoms with Gasteiger partial charge in [-0.1, -0.05) is 18.2 Å². The van der Waals surface area contributed by atoms with E-state index in [4.69, 9.17) is 4.74 Å². The van der Waals surface area contributed by atoms with E-state index in [0.29, 0.717) is 26.7 Å². The first kappa shape index (κ1) is 21.7. The van der Waals surface area contributed by atoms with E-state index in [9.17, 15) is 14.4 Å². The summed E-state index contributed by atoms with van der Waals surface area (Å²) in [6, 6.07) is 7.43. The molecule has 2 amide bonds. The van der Waals surface area contributed by atoms with Crippen molar-refractivity contribution in [3.8, 4) is 0 Å². The molecule has 0 radical (unpaired) electrons. The number of esters is 1. The van der Waals surface area contributed by atoms with E-state index in [-0.39, 0.29) is 17.4 Å². The number of para-hydroxylation sites is 1. The van der Waals surface area contributed by atoms with E-state index >= 15 is 0 Å². The Kier molecular flexibility index (Phi) is 6.38. The third kappa shape index (κ3) is 4.15. The molecule has 0 unspecified atom stereocenters. The Morgan fingerprint density at radius 3 is 2.23 bits per heavy atom. The van der Waals surface area contributed by atoms with Crippen molar-refractivity contribution in [1.29, 1.82) is 0 Å². The highest BCUT2D eigenvalue weighted by Gasteiger charge is 2.27. The molecule has 2 heterocycles. The number of carbonyl (C=O) groups excluding carboxylic acids is 3. The number of amides is 2. The van der Waals surface area contributed by atoms with Crippen molar-refractivity contribution in [3.63, 3.8) is 0 Å². The van der Waals surface area contributed by atoms with E-state index in [2.05, 4.69) is 10.6 Å². The average Bonchev–Trinajstić information content (AvgIpc) is 3.22. The van der Waals surface area contributed by atoms with E-state index in [0.717, 1.165) is 27.3 Å². The molecule has 0 aliphatic rings. The van der Waals surface area contributed by atoms with Gasteiger partial charge >= 0.3 is 5.97 Å². The van der Waals surface area contributed by atoms with Crippen molar-refractivity contribution in [2.75, 3.05) is 17.7 Å². The fourth-order valence-electron chi connectivity index (χ4n) is 2.97. The van der Waals surface area contributed by atoms with Crippen molar-refractivity contribution in [2.45, 2.75) is 27.7 Å². The number of carbonyl (C=O) groups is 3. The van der Waals surface area contributed by atoms with E-state index in [1.807, 2.05) is 45.0 Å². The van der Waals surface area contributed by atoms with Crippen molar-refractivity contribution in [3.05, 3.63) is 67.2 Å². The molecule has 3 rings (SSSR count). The number of nitrogens with one attached hydrogen (secondary N) is 2. The maximum absolute atomic E-state index is 12.9. The fourth-order valence-corrected chi connectivity index (χ4v) is 4.92. The molecular formula is C22H22N2O4S2. The molecule has 156 valence electrons. The van der Waals surface area contributed by atoms with Gasteiger partial charge in [0.25, 0.3) is 11.8 Å². The van der Waals surface area contributed by atoms with Crippen LogP contribution in [0, 0.1) is 27.7 Å². The number of anilines is 2. The Balaban J connectivity index is 1.96. The summed E-state index contributed by atoms with van der Waals surface area (Å²) < 4.78 is 4.89. The third-order valence-electron chi connectivity index (χ3n) is 4.89. The molecule has 8 heteroatoms. The van der Waals surface area contributed by atoms with Gasteiger partial charge in [-0.15, -0.1) is 22.7 Å². The van der Waals surface area contributed by atoms with Crippen molar-refractivity contribution >= 4 is 51.1 Å². The highest BCUT2D eigenvalue weighted by Crippen LogP contribution is 2.35. The number of hydrogen-bond donors (Lipinski definition) is 2. The molecule has 0 saturated carbocycles. The fraction of sp³-hybridized carbons (Fsp3) is 0.227. The molecule has 0 fully saturated rings. The van der Waals surface area contributed by atoms with Gasteiger partial charge < -0.3 is 15.4 Å². The minimum atomic E-state index is -0.604. The summed E-state index contributed by atoms with van der Waals surface area (Å²) in [4.78, 5) is 39.5. The number of benzene rings is 1. The lowest BCUT2D eigenvalue weighted by atomic mass is 10.1. The van der Waals surface area contributed by atoms with Crippen LogP contribution in [0.4, 0.5) is 10.7 Å². The van der Waals surface area contributed by atoms with Gasteiger partial charge in [0, 0.05) is 15.9 Å². The van der Waals surface area contributed by atoms with Gasteiger partial charge in [0.15, 0.2) is 0 Å². The molecule has 6 nitrogen and oxygen atoms in total. The second-order valence-corrected chi connectivity index (χ2v) is 8.91. The molecular weight excluding hydrogens is 420 g/mol. The number of rotatable bonds is 5. The minimum absolute atomic E-state index is 0.190. The predicted octanol–water partition coefficient (Wildman–Crippen LogP) is 5.33. The molecule has 0 aliphatic carbocycles. The molecule has 30 heavy (non-hydrogen) atoms. The summed E-state index contributed by atoms with van der Waals surface area (Å²) in [6.07, 6.45) is 0. The van der Waals surface area contributed by atoms with Gasteiger partial charge in [-0.25, -0.2) is 4.79 Å². The largest absolute Gasteiger partial charge is 0.465 e. The smallest absolute Gasteiger partial charge is 0.341 e. The quantitative estimate of drug-likeness (QED) is 0.523. The number of thiophene rings is 2. The first-order valence-corrected chi connectivity index (χ1v) is 10.9. The van der Waals surface area contributed by atoms with Gasteiger partial charge in [0.05, 0.1) is 23.1 Å². The van der Waals surface area contributed by atoms with E-state index < -0.39 is 5.97 Å². The SMILES string of the molecule is COC(=O)c1c(NC(=O)c2csc(C)c2C)sc(C(=O)Nc2ccccc2C)c1C. The van der Waals surface area contributed by atoms with Crippen molar-refractivity contribution in [2.24, 2.45) is 0 Å². The van der Waals surface area contributed by atoms with E-state index in [1.165, 1.54) is 18.4 Å². The second-order valence-electron chi connectivity index (χ2n) is 6.81. The van der Waals surface area contributed by atoms with Crippen LogP contribution in [0.15, 0.2) is 29.6 Å². The highest BCUT2D eigenvalue weighted by atomic mass is 32.1. The molecule has 2 aromatic heterocycles. The molecule has 2 N–H and O–H groups in total. The lowest BCUT2D eigenvalue weighted by molar-refractivity contribution is 0.0601. The number of ether oxygens (including phenoxy) is 1. The lowest BCUT2D eigenvalue weighted by Crippen LogP contribution is -2.15. The zero-order chi connectivity index (χ0) is 22.0.